The van der Waals surface area contributed by atoms with Crippen molar-refractivity contribution in [3.05, 3.63) is 107 Å². The van der Waals surface area contributed by atoms with E-state index in [2.05, 4.69) is 10.4 Å². The zero-order valence-corrected chi connectivity index (χ0v) is 24.4. The average molecular weight is 620 g/mol. The molecule has 1 atom stereocenters. The first-order valence-electron chi connectivity index (χ1n) is 14.2. The van der Waals surface area contributed by atoms with Gasteiger partial charge in [-0.15, -0.1) is 0 Å². The number of hydrogen-bond acceptors (Lipinski definition) is 4. The molecule has 45 heavy (non-hydrogen) atoms. The number of rotatable bonds is 10. The molecule has 0 unspecified atom stereocenters. The topological polar surface area (TPSA) is 93.5 Å². The van der Waals surface area contributed by atoms with Crippen molar-refractivity contribution < 1.29 is 37.0 Å². The number of carbonyl (C=O) groups is 2. The van der Waals surface area contributed by atoms with E-state index < -0.39 is 35.5 Å². The van der Waals surface area contributed by atoms with Crippen molar-refractivity contribution in [2.45, 2.75) is 32.5 Å². The minimum absolute atomic E-state index is 0.00898. The first-order valence-corrected chi connectivity index (χ1v) is 14.2. The lowest BCUT2D eigenvalue weighted by Gasteiger charge is -2.17. The highest BCUT2D eigenvalue weighted by Gasteiger charge is 2.31. The number of fused-ring (bicyclic) bond motifs is 1. The molecule has 0 bridgehead atoms. The van der Waals surface area contributed by atoms with Gasteiger partial charge in [-0.3, -0.25) is 14.3 Å². The number of alkyl halides is 3. The van der Waals surface area contributed by atoms with Crippen LogP contribution in [0.4, 0.5) is 17.6 Å². The Hall–Kier alpha value is -5.19. The molecule has 0 aliphatic carbocycles. The number of amides is 1. The molecular formula is C34H29F4N3O4. The number of carboxylic acids is 1. The highest BCUT2D eigenvalue weighted by Crippen LogP contribution is 2.36. The van der Waals surface area contributed by atoms with Crippen LogP contribution in [0.15, 0.2) is 84.9 Å². The van der Waals surface area contributed by atoms with Crippen molar-refractivity contribution in [1.29, 1.82) is 0 Å². The monoisotopic (exact) mass is 619 g/mol. The molecular weight excluding hydrogens is 590 g/mol. The average Bonchev–Trinajstić information content (AvgIpc) is 3.45. The number of nitrogens with one attached hydrogen (secondary N) is 1. The van der Waals surface area contributed by atoms with Crippen LogP contribution in [0.1, 0.15) is 47.8 Å². The summed E-state index contributed by atoms with van der Waals surface area (Å²) >= 11 is 0. The maximum Gasteiger partial charge on any atom is 0.416 e. The van der Waals surface area contributed by atoms with E-state index >= 15 is 4.39 Å². The molecule has 5 aromatic rings. The Kier molecular flexibility index (Phi) is 8.89. The first-order chi connectivity index (χ1) is 21.4. The van der Waals surface area contributed by atoms with E-state index in [4.69, 9.17) is 9.84 Å². The van der Waals surface area contributed by atoms with E-state index in [1.807, 2.05) is 50.2 Å². The highest BCUT2D eigenvalue weighted by atomic mass is 19.4. The lowest BCUT2D eigenvalue weighted by Crippen LogP contribution is -2.26. The van der Waals surface area contributed by atoms with E-state index in [0.717, 1.165) is 39.8 Å². The zero-order valence-electron chi connectivity index (χ0n) is 24.4. The number of ether oxygens (including phenoxy) is 1. The standard InChI is InChI=1S/C34H29F4N3O4/c1-3-45-27-12-10-23-16-25(9-8-24(23)17-27)31-19-30(28-13-11-26(18-29(28)35)34(36,37)38)40-41(31)20(2)21-4-6-22(7-5-21)33(44)39-15-14-32(42)43/h4-13,16-20H,3,14-15H2,1-2H3,(H,39,44)(H,42,43)/t20-/m0/s1. The largest absolute Gasteiger partial charge is 0.494 e. The first kappa shape index (κ1) is 31.2. The number of aromatic nitrogens is 2. The SMILES string of the molecule is CCOc1ccc2cc(-c3cc(-c4ccc(C(F)(F)F)cc4F)nn3[C@@H](C)c3ccc(C(=O)NCCC(=O)O)cc3)ccc2c1. The van der Waals surface area contributed by atoms with E-state index in [1.165, 1.54) is 0 Å². The number of benzene rings is 4. The lowest BCUT2D eigenvalue weighted by atomic mass is 10.0. The van der Waals surface area contributed by atoms with E-state index in [0.29, 0.717) is 23.9 Å². The summed E-state index contributed by atoms with van der Waals surface area (Å²) in [5.74, 6) is -1.75. The summed E-state index contributed by atoms with van der Waals surface area (Å²) in [6, 6.07) is 21.7. The molecule has 5 rings (SSSR count). The van der Waals surface area contributed by atoms with Gasteiger partial charge < -0.3 is 15.2 Å². The third-order valence-corrected chi connectivity index (χ3v) is 7.37. The van der Waals surface area contributed by atoms with Gasteiger partial charge in [0.15, 0.2) is 0 Å². The third-order valence-electron chi connectivity index (χ3n) is 7.37. The summed E-state index contributed by atoms with van der Waals surface area (Å²) in [6.07, 6.45) is -4.89. The second-order valence-electron chi connectivity index (χ2n) is 10.4. The molecule has 1 aromatic heterocycles. The Morgan fingerprint density at radius 2 is 1.67 bits per heavy atom. The normalized spacial score (nSPS) is 12.2. The second-order valence-corrected chi connectivity index (χ2v) is 10.4. The van der Waals surface area contributed by atoms with Crippen molar-refractivity contribution >= 4 is 22.6 Å². The molecule has 232 valence electrons. The van der Waals surface area contributed by atoms with Crippen molar-refractivity contribution in [2.75, 3.05) is 13.2 Å². The number of nitrogens with zero attached hydrogens (tertiary/aromatic N) is 2. The Balaban J connectivity index is 1.54. The molecule has 1 heterocycles. The van der Waals surface area contributed by atoms with Crippen LogP contribution < -0.4 is 10.1 Å². The molecule has 0 saturated carbocycles. The van der Waals surface area contributed by atoms with Gasteiger partial charge in [-0.2, -0.15) is 18.3 Å². The molecule has 4 aromatic carbocycles. The van der Waals surface area contributed by atoms with E-state index in [9.17, 15) is 22.8 Å². The van der Waals surface area contributed by atoms with Gasteiger partial charge >= 0.3 is 12.1 Å². The van der Waals surface area contributed by atoms with Crippen LogP contribution in [0.3, 0.4) is 0 Å². The van der Waals surface area contributed by atoms with Gasteiger partial charge in [-0.05, 0) is 84.8 Å². The molecule has 7 nitrogen and oxygen atoms in total. The molecule has 2 N–H and O–H groups in total. The maximum atomic E-state index is 15.1. The summed E-state index contributed by atoms with van der Waals surface area (Å²) in [5.41, 5.74) is 1.43. The minimum Gasteiger partial charge on any atom is -0.494 e. The van der Waals surface area contributed by atoms with Crippen LogP contribution in [0.25, 0.3) is 33.3 Å². The van der Waals surface area contributed by atoms with Gasteiger partial charge in [-0.1, -0.05) is 30.3 Å². The maximum absolute atomic E-state index is 15.1. The third kappa shape index (κ3) is 6.98. The van der Waals surface area contributed by atoms with Gasteiger partial charge in [0.1, 0.15) is 11.6 Å². The smallest absolute Gasteiger partial charge is 0.416 e. The molecule has 11 heteroatoms. The fourth-order valence-corrected chi connectivity index (χ4v) is 5.01. The fourth-order valence-electron chi connectivity index (χ4n) is 5.01. The molecule has 0 aliphatic heterocycles. The van der Waals surface area contributed by atoms with Crippen LogP contribution in [0.5, 0.6) is 5.75 Å². The van der Waals surface area contributed by atoms with Gasteiger partial charge in [0.2, 0.25) is 0 Å². The Morgan fingerprint density at radius 3 is 2.33 bits per heavy atom. The molecule has 0 aliphatic rings. The van der Waals surface area contributed by atoms with Crippen molar-refractivity contribution in [3.63, 3.8) is 0 Å². The number of halogens is 4. The quantitative estimate of drug-likeness (QED) is 0.156. The fraction of sp³-hybridized carbons (Fsp3) is 0.206. The zero-order chi connectivity index (χ0) is 32.3. The summed E-state index contributed by atoms with van der Waals surface area (Å²) in [7, 11) is 0. The van der Waals surface area contributed by atoms with Gasteiger partial charge in [0.05, 0.1) is 36.0 Å². The Bertz CT molecular complexity index is 1870. The minimum atomic E-state index is -4.69. The molecule has 0 radical (unpaired) electrons. The van der Waals surface area contributed by atoms with Crippen molar-refractivity contribution in [3.8, 4) is 28.3 Å². The molecule has 0 spiro atoms. The van der Waals surface area contributed by atoms with Crippen LogP contribution in [-0.4, -0.2) is 39.9 Å². The molecule has 0 saturated heterocycles. The van der Waals surface area contributed by atoms with Crippen LogP contribution in [0.2, 0.25) is 0 Å². The predicted molar refractivity (Wildman–Crippen MR) is 162 cm³/mol. The number of carboxylic acid groups (broad SMARTS) is 1. The van der Waals surface area contributed by atoms with Gasteiger partial charge in [-0.25, -0.2) is 4.39 Å². The molecule has 1 amide bonds. The number of aliphatic carboxylic acids is 1. The number of carbonyl (C=O) groups excluding carboxylic acids is 1. The summed E-state index contributed by atoms with van der Waals surface area (Å²) < 4.78 is 62.0. The van der Waals surface area contributed by atoms with Crippen LogP contribution >= 0.6 is 0 Å². The van der Waals surface area contributed by atoms with Crippen LogP contribution in [-0.2, 0) is 11.0 Å². The second kappa shape index (κ2) is 12.8. The summed E-state index contributed by atoms with van der Waals surface area (Å²) in [4.78, 5) is 23.2. The predicted octanol–water partition coefficient (Wildman–Crippen LogP) is 7.74. The Morgan fingerprint density at radius 1 is 0.956 bits per heavy atom. The summed E-state index contributed by atoms with van der Waals surface area (Å²) in [6.45, 7) is 4.28. The van der Waals surface area contributed by atoms with E-state index in [1.54, 1.807) is 35.0 Å². The van der Waals surface area contributed by atoms with Crippen LogP contribution in [0, 0.1) is 5.82 Å². The van der Waals surface area contributed by atoms with Gasteiger partial charge in [0.25, 0.3) is 5.91 Å². The van der Waals surface area contributed by atoms with Crippen molar-refractivity contribution in [2.24, 2.45) is 0 Å². The lowest BCUT2D eigenvalue weighted by molar-refractivity contribution is -0.138. The highest BCUT2D eigenvalue weighted by molar-refractivity contribution is 5.94. The Labute approximate surface area is 256 Å². The number of hydrogen-bond donors (Lipinski definition) is 2. The van der Waals surface area contributed by atoms with Gasteiger partial charge in [0, 0.05) is 23.2 Å². The van der Waals surface area contributed by atoms with Crippen molar-refractivity contribution in [1.82, 2.24) is 15.1 Å². The van der Waals surface area contributed by atoms with E-state index in [-0.39, 0.29) is 24.2 Å². The molecule has 0 fully saturated rings. The summed E-state index contributed by atoms with van der Waals surface area (Å²) in [5, 5.41) is 17.9.